The number of anilines is 1. The van der Waals surface area contributed by atoms with Gasteiger partial charge in [0.15, 0.2) is 5.82 Å². The largest absolute Gasteiger partial charge is 0.366 e. The Labute approximate surface area is 95.2 Å². The summed E-state index contributed by atoms with van der Waals surface area (Å²) in [4.78, 5) is 0. The van der Waals surface area contributed by atoms with Crippen LogP contribution in [-0.4, -0.2) is 14.9 Å². The number of benzene rings is 1. The van der Waals surface area contributed by atoms with Gasteiger partial charge in [0.1, 0.15) is 0 Å². The molecule has 5 nitrogen and oxygen atoms in total. The highest BCUT2D eigenvalue weighted by Gasteiger charge is 2.09. The molecule has 0 saturated carbocycles. The van der Waals surface area contributed by atoms with E-state index in [1.165, 1.54) is 4.68 Å². The molecule has 0 bridgehead atoms. The molecule has 4 N–H and O–H groups in total. The predicted molar refractivity (Wildman–Crippen MR) is 62.5 cm³/mol. The standard InChI is InChI=1S/C9H10BrN5/c1-5-4-6(2-3-7(5)10)8-13-14-9(11)15(8)12/h2-4H,12H2,1H3,(H2,11,14). The van der Waals surface area contributed by atoms with Crippen molar-refractivity contribution >= 4 is 21.9 Å². The van der Waals surface area contributed by atoms with Crippen LogP contribution in [0, 0.1) is 6.92 Å². The van der Waals surface area contributed by atoms with Crippen LogP contribution in [0.1, 0.15) is 5.56 Å². The van der Waals surface area contributed by atoms with Crippen molar-refractivity contribution in [2.75, 3.05) is 11.6 Å². The maximum Gasteiger partial charge on any atom is 0.241 e. The van der Waals surface area contributed by atoms with Crippen LogP contribution in [0.5, 0.6) is 0 Å². The average molecular weight is 268 g/mol. The lowest BCUT2D eigenvalue weighted by Gasteiger charge is -2.03. The van der Waals surface area contributed by atoms with Crippen LogP contribution < -0.4 is 11.6 Å². The van der Waals surface area contributed by atoms with Gasteiger partial charge in [-0.2, -0.15) is 0 Å². The zero-order valence-corrected chi connectivity index (χ0v) is 9.69. The molecule has 6 heteroatoms. The van der Waals surface area contributed by atoms with E-state index in [-0.39, 0.29) is 5.95 Å². The molecule has 0 unspecified atom stereocenters. The summed E-state index contributed by atoms with van der Waals surface area (Å²) in [5, 5.41) is 7.60. The van der Waals surface area contributed by atoms with E-state index in [1.54, 1.807) is 0 Å². The van der Waals surface area contributed by atoms with Gasteiger partial charge in [-0.15, -0.1) is 10.2 Å². The Bertz CT molecular complexity index is 505. The van der Waals surface area contributed by atoms with Gasteiger partial charge in [-0.25, -0.2) is 4.68 Å². The van der Waals surface area contributed by atoms with Crippen molar-refractivity contribution in [3.63, 3.8) is 0 Å². The summed E-state index contributed by atoms with van der Waals surface area (Å²) in [5.74, 6) is 6.44. The molecule has 15 heavy (non-hydrogen) atoms. The SMILES string of the molecule is Cc1cc(-c2nnc(N)n2N)ccc1Br. The summed E-state index contributed by atoms with van der Waals surface area (Å²) in [5.41, 5.74) is 7.50. The average Bonchev–Trinajstić information content (AvgIpc) is 2.53. The second kappa shape index (κ2) is 3.54. The number of hydrogen-bond acceptors (Lipinski definition) is 4. The molecular formula is C9H10BrN5. The highest BCUT2D eigenvalue weighted by Crippen LogP contribution is 2.23. The van der Waals surface area contributed by atoms with Crippen molar-refractivity contribution in [2.24, 2.45) is 0 Å². The number of nitrogen functional groups attached to an aromatic ring is 2. The predicted octanol–water partition coefficient (Wildman–Crippen LogP) is 1.31. The Morgan fingerprint density at radius 1 is 1.33 bits per heavy atom. The lowest BCUT2D eigenvalue weighted by atomic mass is 10.1. The summed E-state index contributed by atoms with van der Waals surface area (Å²) in [6, 6.07) is 5.82. The van der Waals surface area contributed by atoms with Gasteiger partial charge >= 0.3 is 0 Å². The first kappa shape index (κ1) is 9.97. The Morgan fingerprint density at radius 2 is 2.07 bits per heavy atom. The van der Waals surface area contributed by atoms with E-state index in [2.05, 4.69) is 26.1 Å². The van der Waals surface area contributed by atoms with Gasteiger partial charge in [-0.1, -0.05) is 15.9 Å². The van der Waals surface area contributed by atoms with Crippen molar-refractivity contribution < 1.29 is 0 Å². The van der Waals surface area contributed by atoms with Gasteiger partial charge in [0.2, 0.25) is 5.95 Å². The minimum absolute atomic E-state index is 0.200. The van der Waals surface area contributed by atoms with E-state index in [1.807, 2.05) is 25.1 Å². The van der Waals surface area contributed by atoms with Gasteiger partial charge in [-0.05, 0) is 30.7 Å². The monoisotopic (exact) mass is 267 g/mol. The van der Waals surface area contributed by atoms with Crippen molar-refractivity contribution in [3.05, 3.63) is 28.2 Å². The lowest BCUT2D eigenvalue weighted by molar-refractivity contribution is 1.02. The van der Waals surface area contributed by atoms with E-state index >= 15 is 0 Å². The molecule has 0 fully saturated rings. The highest BCUT2D eigenvalue weighted by atomic mass is 79.9. The fourth-order valence-electron chi connectivity index (χ4n) is 1.28. The van der Waals surface area contributed by atoms with Crippen LogP contribution >= 0.6 is 15.9 Å². The fourth-order valence-corrected chi connectivity index (χ4v) is 1.53. The molecule has 0 spiro atoms. The number of aromatic nitrogens is 3. The van der Waals surface area contributed by atoms with E-state index < -0.39 is 0 Å². The number of nitrogens with two attached hydrogens (primary N) is 2. The maximum absolute atomic E-state index is 5.68. The van der Waals surface area contributed by atoms with Crippen molar-refractivity contribution in [2.45, 2.75) is 6.92 Å². The zero-order valence-electron chi connectivity index (χ0n) is 8.11. The summed E-state index contributed by atoms with van der Waals surface area (Å²) < 4.78 is 2.31. The molecule has 0 amide bonds. The van der Waals surface area contributed by atoms with Crippen LogP contribution in [0.3, 0.4) is 0 Å². The maximum atomic E-state index is 5.68. The molecule has 2 aromatic rings. The third-order valence-electron chi connectivity index (χ3n) is 2.14. The third-order valence-corrected chi connectivity index (χ3v) is 3.03. The first-order valence-corrected chi connectivity index (χ1v) is 5.11. The van der Waals surface area contributed by atoms with Crippen molar-refractivity contribution in [3.8, 4) is 11.4 Å². The summed E-state index contributed by atoms with van der Waals surface area (Å²) in [6.45, 7) is 1.99. The third kappa shape index (κ3) is 1.68. The van der Waals surface area contributed by atoms with Gasteiger partial charge < -0.3 is 11.6 Å². The van der Waals surface area contributed by atoms with Crippen molar-refractivity contribution in [1.82, 2.24) is 14.9 Å². The van der Waals surface area contributed by atoms with E-state index in [0.717, 1.165) is 15.6 Å². The fraction of sp³-hybridized carbons (Fsp3) is 0.111. The number of rotatable bonds is 1. The van der Waals surface area contributed by atoms with Crippen LogP contribution in [0.2, 0.25) is 0 Å². The van der Waals surface area contributed by atoms with Crippen LogP contribution in [0.15, 0.2) is 22.7 Å². The molecule has 0 aliphatic rings. The summed E-state index contributed by atoms with van der Waals surface area (Å²) in [6.07, 6.45) is 0. The van der Waals surface area contributed by atoms with Gasteiger partial charge in [0, 0.05) is 10.0 Å². The first-order valence-electron chi connectivity index (χ1n) is 4.32. The molecule has 0 atom stereocenters. The number of hydrogen-bond donors (Lipinski definition) is 2. The molecular weight excluding hydrogens is 258 g/mol. The Hall–Kier alpha value is -1.56. The summed E-state index contributed by atoms with van der Waals surface area (Å²) in [7, 11) is 0. The molecule has 0 aliphatic heterocycles. The number of halogens is 1. The van der Waals surface area contributed by atoms with Crippen LogP contribution in [-0.2, 0) is 0 Å². The normalized spacial score (nSPS) is 10.5. The Balaban J connectivity index is 2.55. The minimum Gasteiger partial charge on any atom is -0.366 e. The van der Waals surface area contributed by atoms with Gasteiger partial charge in [0.05, 0.1) is 0 Å². The Kier molecular flexibility index (Phi) is 2.36. The second-order valence-corrected chi connectivity index (χ2v) is 4.07. The highest BCUT2D eigenvalue weighted by molar-refractivity contribution is 9.10. The Morgan fingerprint density at radius 3 is 2.60 bits per heavy atom. The number of aryl methyl sites for hydroxylation is 1. The molecule has 1 heterocycles. The first-order chi connectivity index (χ1) is 7.09. The van der Waals surface area contributed by atoms with E-state index in [4.69, 9.17) is 11.6 Å². The molecule has 0 radical (unpaired) electrons. The second-order valence-electron chi connectivity index (χ2n) is 3.22. The molecule has 1 aromatic heterocycles. The quantitative estimate of drug-likeness (QED) is 0.764. The van der Waals surface area contributed by atoms with E-state index in [0.29, 0.717) is 5.82 Å². The summed E-state index contributed by atoms with van der Waals surface area (Å²) >= 11 is 3.43. The van der Waals surface area contributed by atoms with Gasteiger partial charge in [0.25, 0.3) is 0 Å². The number of nitrogens with zero attached hydrogens (tertiary/aromatic N) is 3. The van der Waals surface area contributed by atoms with Crippen molar-refractivity contribution in [1.29, 1.82) is 0 Å². The topological polar surface area (TPSA) is 82.8 Å². The molecule has 2 rings (SSSR count). The van der Waals surface area contributed by atoms with Gasteiger partial charge in [-0.3, -0.25) is 0 Å². The molecule has 1 aromatic carbocycles. The van der Waals surface area contributed by atoms with Crippen LogP contribution in [0.4, 0.5) is 5.95 Å². The minimum atomic E-state index is 0.200. The van der Waals surface area contributed by atoms with Crippen LogP contribution in [0.25, 0.3) is 11.4 Å². The lowest BCUT2D eigenvalue weighted by Crippen LogP contribution is -2.13. The molecule has 78 valence electrons. The van der Waals surface area contributed by atoms with E-state index in [9.17, 15) is 0 Å². The molecule has 0 aliphatic carbocycles. The smallest absolute Gasteiger partial charge is 0.241 e. The zero-order chi connectivity index (χ0) is 11.0. The molecule has 0 saturated heterocycles.